The van der Waals surface area contributed by atoms with Crippen molar-refractivity contribution in [1.29, 1.82) is 0 Å². The van der Waals surface area contributed by atoms with Crippen molar-refractivity contribution in [2.24, 2.45) is 5.73 Å². The van der Waals surface area contributed by atoms with Crippen LogP contribution in [0.1, 0.15) is 11.3 Å². The van der Waals surface area contributed by atoms with Gasteiger partial charge in [0.25, 0.3) is 0 Å². The maximum Gasteiger partial charge on any atom is 0.135 e. The molecule has 3 N–H and O–H groups in total. The molecule has 0 amide bonds. The zero-order valence-corrected chi connectivity index (χ0v) is 8.72. The molecule has 84 valence electrons. The summed E-state index contributed by atoms with van der Waals surface area (Å²) in [6.45, 7) is 2.10. The van der Waals surface area contributed by atoms with Crippen LogP contribution >= 0.6 is 0 Å². The molecule has 0 atom stereocenters. The number of benzene rings is 1. The number of hydrogen-bond acceptors (Lipinski definition) is 2. The van der Waals surface area contributed by atoms with Gasteiger partial charge in [0.15, 0.2) is 0 Å². The summed E-state index contributed by atoms with van der Waals surface area (Å²) in [5.74, 6) is -1.23. The summed E-state index contributed by atoms with van der Waals surface area (Å²) in [6, 6.07) is 3.41. The number of halogens is 2. The monoisotopic (exact) mass is 223 g/mol. The Balaban J connectivity index is 2.54. The number of rotatable bonds is 2. The standard InChI is InChI=1S/C11H11F2N3/c1-6-10(5-14)15-16-11(6)8-3-2-7(12)4-9(8)13/h2-4H,5,14H2,1H3,(H,15,16). The zero-order valence-electron chi connectivity index (χ0n) is 8.72. The van der Waals surface area contributed by atoms with Gasteiger partial charge in [-0.05, 0) is 24.6 Å². The molecule has 0 bridgehead atoms. The van der Waals surface area contributed by atoms with E-state index in [0.29, 0.717) is 12.2 Å². The van der Waals surface area contributed by atoms with Crippen LogP contribution in [0.25, 0.3) is 11.3 Å². The van der Waals surface area contributed by atoms with E-state index >= 15 is 0 Å². The van der Waals surface area contributed by atoms with Crippen molar-refractivity contribution >= 4 is 0 Å². The van der Waals surface area contributed by atoms with Crippen LogP contribution in [0.5, 0.6) is 0 Å². The quantitative estimate of drug-likeness (QED) is 0.819. The van der Waals surface area contributed by atoms with Crippen LogP contribution in [-0.4, -0.2) is 10.2 Å². The van der Waals surface area contributed by atoms with E-state index < -0.39 is 11.6 Å². The van der Waals surface area contributed by atoms with Crippen LogP contribution in [0.2, 0.25) is 0 Å². The first-order valence-corrected chi connectivity index (χ1v) is 4.83. The minimum atomic E-state index is -0.627. The largest absolute Gasteiger partial charge is 0.325 e. The van der Waals surface area contributed by atoms with Crippen molar-refractivity contribution in [3.63, 3.8) is 0 Å². The summed E-state index contributed by atoms with van der Waals surface area (Å²) in [5, 5.41) is 6.71. The Morgan fingerprint density at radius 3 is 2.69 bits per heavy atom. The molecule has 0 saturated carbocycles. The lowest BCUT2D eigenvalue weighted by molar-refractivity contribution is 0.585. The van der Waals surface area contributed by atoms with Crippen LogP contribution in [-0.2, 0) is 6.54 Å². The SMILES string of the molecule is Cc1c(-c2ccc(F)cc2F)n[nH]c1CN. The highest BCUT2D eigenvalue weighted by molar-refractivity contribution is 5.64. The second-order valence-electron chi connectivity index (χ2n) is 3.50. The topological polar surface area (TPSA) is 54.7 Å². The number of aromatic amines is 1. The lowest BCUT2D eigenvalue weighted by atomic mass is 10.1. The van der Waals surface area contributed by atoms with Gasteiger partial charge in [-0.3, -0.25) is 5.10 Å². The van der Waals surface area contributed by atoms with E-state index in [2.05, 4.69) is 10.2 Å². The molecule has 0 fully saturated rings. The molecule has 0 saturated heterocycles. The van der Waals surface area contributed by atoms with Gasteiger partial charge in [-0.1, -0.05) is 0 Å². The summed E-state index contributed by atoms with van der Waals surface area (Å²) < 4.78 is 26.3. The highest BCUT2D eigenvalue weighted by atomic mass is 19.1. The molecule has 2 rings (SSSR count). The third-order valence-electron chi connectivity index (χ3n) is 2.50. The predicted octanol–water partition coefficient (Wildman–Crippen LogP) is 2.12. The molecule has 0 unspecified atom stereocenters. The number of hydrogen-bond donors (Lipinski definition) is 2. The molecule has 0 radical (unpaired) electrons. The van der Waals surface area contributed by atoms with Gasteiger partial charge in [0.2, 0.25) is 0 Å². The van der Waals surface area contributed by atoms with Crippen LogP contribution in [0.4, 0.5) is 8.78 Å². The van der Waals surface area contributed by atoms with Crippen molar-refractivity contribution in [3.05, 3.63) is 41.1 Å². The molecule has 16 heavy (non-hydrogen) atoms. The Kier molecular flexibility index (Phi) is 2.70. The van der Waals surface area contributed by atoms with E-state index in [9.17, 15) is 8.78 Å². The van der Waals surface area contributed by atoms with Gasteiger partial charge in [-0.2, -0.15) is 5.10 Å². The summed E-state index contributed by atoms with van der Waals surface area (Å²) in [4.78, 5) is 0. The van der Waals surface area contributed by atoms with Crippen LogP contribution in [0, 0.1) is 18.6 Å². The van der Waals surface area contributed by atoms with E-state index in [1.807, 2.05) is 0 Å². The molecule has 1 aromatic carbocycles. The molecule has 1 heterocycles. The van der Waals surface area contributed by atoms with Crippen LogP contribution < -0.4 is 5.73 Å². The Hall–Kier alpha value is -1.75. The van der Waals surface area contributed by atoms with E-state index in [-0.39, 0.29) is 5.56 Å². The van der Waals surface area contributed by atoms with Gasteiger partial charge < -0.3 is 5.73 Å². The molecule has 0 aliphatic carbocycles. The Morgan fingerprint density at radius 2 is 2.12 bits per heavy atom. The van der Waals surface area contributed by atoms with E-state index in [1.54, 1.807) is 6.92 Å². The molecular weight excluding hydrogens is 212 g/mol. The third kappa shape index (κ3) is 1.69. The molecule has 0 spiro atoms. The van der Waals surface area contributed by atoms with E-state index in [1.165, 1.54) is 12.1 Å². The fourth-order valence-corrected chi connectivity index (χ4v) is 1.58. The van der Waals surface area contributed by atoms with E-state index in [4.69, 9.17) is 5.73 Å². The first kappa shape index (κ1) is 10.8. The van der Waals surface area contributed by atoms with Crippen molar-refractivity contribution in [1.82, 2.24) is 10.2 Å². The highest BCUT2D eigenvalue weighted by Gasteiger charge is 2.13. The highest BCUT2D eigenvalue weighted by Crippen LogP contribution is 2.25. The smallest absolute Gasteiger partial charge is 0.135 e. The Morgan fingerprint density at radius 1 is 1.38 bits per heavy atom. The van der Waals surface area contributed by atoms with Gasteiger partial charge >= 0.3 is 0 Å². The van der Waals surface area contributed by atoms with Crippen molar-refractivity contribution < 1.29 is 8.78 Å². The molecule has 0 aliphatic rings. The second kappa shape index (κ2) is 4.02. The lowest BCUT2D eigenvalue weighted by Crippen LogP contribution is -1.98. The number of nitrogens with two attached hydrogens (primary N) is 1. The first-order chi connectivity index (χ1) is 7.63. The second-order valence-corrected chi connectivity index (χ2v) is 3.50. The van der Waals surface area contributed by atoms with Gasteiger partial charge in [0.1, 0.15) is 11.6 Å². The van der Waals surface area contributed by atoms with Crippen LogP contribution in [0.3, 0.4) is 0 Å². The van der Waals surface area contributed by atoms with Crippen molar-refractivity contribution in [3.8, 4) is 11.3 Å². The molecule has 2 aromatic rings. The fraction of sp³-hybridized carbons (Fsp3) is 0.182. The van der Waals surface area contributed by atoms with Gasteiger partial charge in [-0.25, -0.2) is 8.78 Å². The molecule has 5 heteroatoms. The summed E-state index contributed by atoms with van der Waals surface area (Å²) in [5.41, 5.74) is 7.76. The zero-order chi connectivity index (χ0) is 11.7. The number of aromatic nitrogens is 2. The third-order valence-corrected chi connectivity index (χ3v) is 2.50. The number of nitrogens with one attached hydrogen (secondary N) is 1. The predicted molar refractivity (Wildman–Crippen MR) is 56.6 cm³/mol. The fourth-order valence-electron chi connectivity index (χ4n) is 1.58. The summed E-state index contributed by atoms with van der Waals surface area (Å²) in [6.07, 6.45) is 0. The normalized spacial score (nSPS) is 10.8. The maximum absolute atomic E-state index is 13.5. The number of H-pyrrole nitrogens is 1. The number of nitrogens with zero attached hydrogens (tertiary/aromatic N) is 1. The Bertz CT molecular complexity index is 520. The average Bonchev–Trinajstić information content (AvgIpc) is 2.60. The minimum absolute atomic E-state index is 0.273. The molecule has 3 nitrogen and oxygen atoms in total. The molecule has 0 aliphatic heterocycles. The average molecular weight is 223 g/mol. The van der Waals surface area contributed by atoms with Crippen molar-refractivity contribution in [2.75, 3.05) is 0 Å². The van der Waals surface area contributed by atoms with Crippen LogP contribution in [0.15, 0.2) is 18.2 Å². The van der Waals surface area contributed by atoms with Gasteiger partial charge in [0.05, 0.1) is 11.4 Å². The van der Waals surface area contributed by atoms with Gasteiger partial charge in [-0.15, -0.1) is 0 Å². The molecular formula is C11H11F2N3. The molecule has 1 aromatic heterocycles. The van der Waals surface area contributed by atoms with Gasteiger partial charge in [0, 0.05) is 18.2 Å². The maximum atomic E-state index is 13.5. The first-order valence-electron chi connectivity index (χ1n) is 4.83. The summed E-state index contributed by atoms with van der Waals surface area (Å²) in [7, 11) is 0. The summed E-state index contributed by atoms with van der Waals surface area (Å²) >= 11 is 0. The lowest BCUT2D eigenvalue weighted by Gasteiger charge is -2.01. The van der Waals surface area contributed by atoms with E-state index in [0.717, 1.165) is 17.3 Å². The minimum Gasteiger partial charge on any atom is -0.325 e. The Labute approximate surface area is 91.3 Å². The van der Waals surface area contributed by atoms with Crippen molar-refractivity contribution in [2.45, 2.75) is 13.5 Å².